The van der Waals surface area contributed by atoms with Crippen LogP contribution >= 0.6 is 0 Å². The summed E-state index contributed by atoms with van der Waals surface area (Å²) >= 11 is 0. The Kier molecular flexibility index (Phi) is 3.93. The number of carbonyl (C=O) groups is 1. The molecule has 0 bridgehead atoms. The van der Waals surface area contributed by atoms with Crippen molar-refractivity contribution in [2.45, 2.75) is 65.1 Å². The third-order valence-corrected chi connectivity index (χ3v) is 3.40. The summed E-state index contributed by atoms with van der Waals surface area (Å²) in [6.07, 6.45) is 2.44. The van der Waals surface area contributed by atoms with Crippen molar-refractivity contribution in [2.75, 3.05) is 0 Å². The Bertz CT molecular complexity index is 451. The van der Waals surface area contributed by atoms with Crippen LogP contribution in [0.4, 0.5) is 0 Å². The van der Waals surface area contributed by atoms with Crippen LogP contribution in [0.5, 0.6) is 0 Å². The first-order chi connectivity index (χ1) is 9.17. The smallest absolute Gasteiger partial charge is 0.253 e. The van der Waals surface area contributed by atoms with E-state index in [2.05, 4.69) is 11.9 Å². The summed E-state index contributed by atoms with van der Waals surface area (Å²) in [6.45, 7) is 13.8. The van der Waals surface area contributed by atoms with E-state index in [0.717, 1.165) is 6.42 Å². The van der Waals surface area contributed by atoms with Gasteiger partial charge < -0.3 is 19.7 Å². The van der Waals surface area contributed by atoms with Crippen molar-refractivity contribution in [3.8, 4) is 0 Å². The van der Waals surface area contributed by atoms with E-state index in [1.165, 1.54) is 0 Å². The molecule has 112 valence electrons. The molecule has 0 radical (unpaired) electrons. The summed E-state index contributed by atoms with van der Waals surface area (Å²) in [6, 6.07) is 0. The van der Waals surface area contributed by atoms with Crippen LogP contribution in [0.3, 0.4) is 0 Å². The highest BCUT2D eigenvalue weighted by atomic mass is 16.6. The molecule has 2 rings (SSSR count). The lowest BCUT2D eigenvalue weighted by atomic mass is 10.1. The van der Waals surface area contributed by atoms with Crippen LogP contribution in [0.25, 0.3) is 0 Å². The molecule has 0 aromatic rings. The van der Waals surface area contributed by atoms with Gasteiger partial charge in [-0.25, -0.2) is 0 Å². The zero-order chi connectivity index (χ0) is 15.1. The monoisotopic (exact) mass is 280 g/mol. The summed E-state index contributed by atoms with van der Waals surface area (Å²) in [4.78, 5) is 13.4. The summed E-state index contributed by atoms with van der Waals surface area (Å²) < 4.78 is 12.0. The minimum Gasteiger partial charge on any atom is -0.370 e. The molecule has 0 spiro atoms. The first-order valence-corrected chi connectivity index (χ1v) is 6.97. The maximum atomic E-state index is 11.5. The summed E-state index contributed by atoms with van der Waals surface area (Å²) in [5.74, 6) is 0.439. The standard InChI is InChI=1S/C15H24N2O3/c1-9-8-17(11(3)16-14(9)18)13-7-12(10(2)19-13)20-15(4,5)6/h8,10,12-13H,3,7H2,1-2,4-6H3,(H,16,18)/t10-,12+,13-/m1/s1. The van der Waals surface area contributed by atoms with Gasteiger partial charge >= 0.3 is 0 Å². The maximum absolute atomic E-state index is 11.5. The van der Waals surface area contributed by atoms with Gasteiger partial charge in [0.25, 0.3) is 5.91 Å². The first-order valence-electron chi connectivity index (χ1n) is 6.97. The Balaban J connectivity index is 2.08. The fourth-order valence-corrected chi connectivity index (χ4v) is 2.45. The number of nitrogens with zero attached hydrogens (tertiary/aromatic N) is 1. The van der Waals surface area contributed by atoms with Crippen molar-refractivity contribution in [2.24, 2.45) is 0 Å². The molecular formula is C15H24N2O3. The zero-order valence-electron chi connectivity index (χ0n) is 12.9. The average molecular weight is 280 g/mol. The van der Waals surface area contributed by atoms with Crippen molar-refractivity contribution < 1.29 is 14.3 Å². The number of hydrogen-bond donors (Lipinski definition) is 1. The molecule has 2 heterocycles. The van der Waals surface area contributed by atoms with Gasteiger partial charge in [0.1, 0.15) is 12.0 Å². The molecular weight excluding hydrogens is 256 g/mol. The lowest BCUT2D eigenvalue weighted by molar-refractivity contribution is -0.118. The highest BCUT2D eigenvalue weighted by molar-refractivity contribution is 5.94. The zero-order valence-corrected chi connectivity index (χ0v) is 12.9. The van der Waals surface area contributed by atoms with Gasteiger partial charge in [-0.2, -0.15) is 0 Å². The Morgan fingerprint density at radius 2 is 2.15 bits per heavy atom. The molecule has 0 unspecified atom stereocenters. The van der Waals surface area contributed by atoms with E-state index in [0.29, 0.717) is 11.4 Å². The molecule has 2 aliphatic rings. The summed E-state index contributed by atoms with van der Waals surface area (Å²) in [7, 11) is 0. The normalized spacial score (nSPS) is 31.4. The molecule has 5 heteroatoms. The van der Waals surface area contributed by atoms with E-state index >= 15 is 0 Å². The van der Waals surface area contributed by atoms with E-state index in [9.17, 15) is 4.79 Å². The van der Waals surface area contributed by atoms with Crippen LogP contribution in [-0.2, 0) is 14.3 Å². The number of rotatable bonds is 2. The van der Waals surface area contributed by atoms with Gasteiger partial charge in [-0.15, -0.1) is 0 Å². The first kappa shape index (κ1) is 15.1. The van der Waals surface area contributed by atoms with E-state index in [1.54, 1.807) is 13.1 Å². The molecule has 1 amide bonds. The largest absolute Gasteiger partial charge is 0.370 e. The Hall–Kier alpha value is -1.33. The SMILES string of the molecule is C=C1NC(=O)C(C)=CN1[C@H]1C[C@H](OC(C)(C)C)[C@@H](C)O1. The third-order valence-electron chi connectivity index (χ3n) is 3.40. The molecule has 20 heavy (non-hydrogen) atoms. The fourth-order valence-electron chi connectivity index (χ4n) is 2.45. The van der Waals surface area contributed by atoms with Crippen LogP contribution in [0, 0.1) is 0 Å². The quantitative estimate of drug-likeness (QED) is 0.841. The van der Waals surface area contributed by atoms with Crippen LogP contribution < -0.4 is 5.32 Å². The molecule has 0 saturated carbocycles. The number of hydrogen-bond acceptors (Lipinski definition) is 4. The minimum absolute atomic E-state index is 0.0124. The molecule has 0 aliphatic carbocycles. The fraction of sp³-hybridized carbons (Fsp3) is 0.667. The van der Waals surface area contributed by atoms with Crippen molar-refractivity contribution >= 4 is 5.91 Å². The lowest BCUT2D eigenvalue weighted by Crippen LogP contribution is -2.42. The van der Waals surface area contributed by atoms with Crippen molar-refractivity contribution in [1.82, 2.24) is 10.2 Å². The second-order valence-electron chi connectivity index (χ2n) is 6.42. The predicted octanol–water partition coefficient (Wildman–Crippen LogP) is 2.11. The second kappa shape index (κ2) is 5.22. The third kappa shape index (κ3) is 3.22. The van der Waals surface area contributed by atoms with Gasteiger partial charge in [0.2, 0.25) is 0 Å². The van der Waals surface area contributed by atoms with E-state index in [4.69, 9.17) is 9.47 Å². The molecule has 2 aliphatic heterocycles. The maximum Gasteiger partial charge on any atom is 0.253 e. The molecule has 1 saturated heterocycles. The predicted molar refractivity (Wildman–Crippen MR) is 76.5 cm³/mol. The van der Waals surface area contributed by atoms with Crippen LogP contribution in [0.1, 0.15) is 41.0 Å². The number of nitrogens with one attached hydrogen (secondary N) is 1. The van der Waals surface area contributed by atoms with Gasteiger partial charge in [-0.3, -0.25) is 4.79 Å². The Morgan fingerprint density at radius 3 is 2.75 bits per heavy atom. The number of carbonyl (C=O) groups excluding carboxylic acids is 1. The van der Waals surface area contributed by atoms with E-state index in [1.807, 2.05) is 32.6 Å². The van der Waals surface area contributed by atoms with Gasteiger partial charge in [0, 0.05) is 18.2 Å². The average Bonchev–Trinajstić information content (AvgIpc) is 2.63. The second-order valence-corrected chi connectivity index (χ2v) is 6.42. The molecule has 1 fully saturated rings. The summed E-state index contributed by atoms with van der Waals surface area (Å²) in [5.41, 5.74) is 0.449. The molecule has 0 aromatic heterocycles. The molecule has 5 nitrogen and oxygen atoms in total. The molecule has 3 atom stereocenters. The van der Waals surface area contributed by atoms with Gasteiger partial charge in [-0.1, -0.05) is 6.58 Å². The van der Waals surface area contributed by atoms with Gasteiger partial charge in [0.15, 0.2) is 0 Å². The topological polar surface area (TPSA) is 50.8 Å². The minimum atomic E-state index is -0.198. The molecule has 1 N–H and O–H groups in total. The van der Waals surface area contributed by atoms with Crippen molar-refractivity contribution in [3.05, 3.63) is 24.2 Å². The van der Waals surface area contributed by atoms with Gasteiger partial charge in [0.05, 0.1) is 17.8 Å². The van der Waals surface area contributed by atoms with E-state index in [-0.39, 0.29) is 29.9 Å². The number of ether oxygens (including phenoxy) is 2. The lowest BCUT2D eigenvalue weighted by Gasteiger charge is -2.32. The van der Waals surface area contributed by atoms with Crippen LogP contribution in [0.15, 0.2) is 24.2 Å². The molecule has 0 aromatic carbocycles. The Morgan fingerprint density at radius 1 is 1.50 bits per heavy atom. The van der Waals surface area contributed by atoms with Crippen LogP contribution in [0.2, 0.25) is 0 Å². The highest BCUT2D eigenvalue weighted by Crippen LogP contribution is 2.31. The highest BCUT2D eigenvalue weighted by Gasteiger charge is 2.39. The van der Waals surface area contributed by atoms with Crippen LogP contribution in [-0.4, -0.2) is 34.8 Å². The summed E-state index contributed by atoms with van der Waals surface area (Å²) in [5, 5.41) is 2.74. The Labute approximate surface area is 120 Å². The number of amides is 1. The van der Waals surface area contributed by atoms with Crippen molar-refractivity contribution in [3.63, 3.8) is 0 Å². The van der Waals surface area contributed by atoms with Crippen molar-refractivity contribution in [1.29, 1.82) is 0 Å². The van der Waals surface area contributed by atoms with Gasteiger partial charge in [-0.05, 0) is 34.6 Å². The van der Waals surface area contributed by atoms with E-state index < -0.39 is 0 Å².